The van der Waals surface area contributed by atoms with Gasteiger partial charge in [-0.2, -0.15) is 5.10 Å². The Balaban J connectivity index is 1.74. The summed E-state index contributed by atoms with van der Waals surface area (Å²) in [4.78, 5) is 27.7. The Morgan fingerprint density at radius 2 is 1.67 bits per heavy atom. The maximum Gasteiger partial charge on any atom is 0.267 e. The van der Waals surface area contributed by atoms with Crippen LogP contribution in [0.1, 0.15) is 19.4 Å². The molecular formula is C22H21N3O2. The number of fused-ring (bicyclic) bond motifs is 1. The minimum absolute atomic E-state index is 0.132. The van der Waals surface area contributed by atoms with Crippen molar-refractivity contribution in [1.82, 2.24) is 9.78 Å². The van der Waals surface area contributed by atoms with Crippen LogP contribution < -0.4 is 10.5 Å². The summed E-state index contributed by atoms with van der Waals surface area (Å²) < 4.78 is 1.30. The molecule has 5 heteroatoms. The second-order valence-corrected chi connectivity index (χ2v) is 7.23. The predicted molar refractivity (Wildman–Crippen MR) is 106 cm³/mol. The second-order valence-electron chi connectivity index (χ2n) is 7.23. The second kappa shape index (κ2) is 6.50. The number of amides is 1. The quantitative estimate of drug-likeness (QED) is 0.721. The average molecular weight is 359 g/mol. The van der Waals surface area contributed by atoms with E-state index in [4.69, 9.17) is 0 Å². The minimum atomic E-state index is -1.10. The molecule has 2 heterocycles. The molecule has 1 aliphatic heterocycles. The smallest absolute Gasteiger partial charge is 0.267 e. The lowest BCUT2D eigenvalue weighted by Gasteiger charge is -2.30. The Labute approximate surface area is 157 Å². The Kier molecular flexibility index (Phi) is 4.15. The Morgan fingerprint density at radius 3 is 2.44 bits per heavy atom. The van der Waals surface area contributed by atoms with Crippen molar-refractivity contribution in [2.75, 3.05) is 11.4 Å². The van der Waals surface area contributed by atoms with Crippen LogP contribution in [0, 0.1) is 0 Å². The fraction of sp³-hybridized carbons (Fsp3) is 0.227. The van der Waals surface area contributed by atoms with Crippen LogP contribution in [0.4, 0.5) is 5.69 Å². The molecule has 0 fully saturated rings. The highest BCUT2D eigenvalue weighted by Gasteiger charge is 2.38. The number of carbonyl (C=O) groups excluding carboxylic acids is 1. The van der Waals surface area contributed by atoms with Crippen LogP contribution in [-0.4, -0.2) is 22.2 Å². The Hall–Kier alpha value is -3.21. The molecule has 1 amide bonds. The summed E-state index contributed by atoms with van der Waals surface area (Å²) in [5, 5.41) is 4.52. The summed E-state index contributed by atoms with van der Waals surface area (Å²) in [6.45, 7) is 4.12. The van der Waals surface area contributed by atoms with E-state index in [9.17, 15) is 9.59 Å². The van der Waals surface area contributed by atoms with Crippen molar-refractivity contribution in [3.8, 4) is 11.3 Å². The molecule has 0 aliphatic carbocycles. The van der Waals surface area contributed by atoms with Gasteiger partial charge in [-0.1, -0.05) is 48.5 Å². The van der Waals surface area contributed by atoms with Crippen molar-refractivity contribution in [3.63, 3.8) is 0 Å². The highest BCUT2D eigenvalue weighted by molar-refractivity contribution is 6.00. The monoisotopic (exact) mass is 359 g/mol. The SMILES string of the molecule is CC(C)(C(=O)N1CCc2ccccc21)n1nc(-c2ccccc2)ccc1=O. The van der Waals surface area contributed by atoms with E-state index in [-0.39, 0.29) is 11.5 Å². The Bertz CT molecular complexity index is 1050. The number of nitrogens with zero attached hydrogens (tertiary/aromatic N) is 3. The third-order valence-electron chi connectivity index (χ3n) is 5.06. The summed E-state index contributed by atoms with van der Waals surface area (Å²) in [6, 6.07) is 20.7. The molecule has 0 bridgehead atoms. The molecule has 4 rings (SSSR count). The molecule has 0 unspecified atom stereocenters. The van der Waals surface area contributed by atoms with Crippen LogP contribution in [0.5, 0.6) is 0 Å². The molecule has 0 radical (unpaired) electrons. The van der Waals surface area contributed by atoms with Gasteiger partial charge in [-0.05, 0) is 38.0 Å². The number of benzene rings is 2. The molecule has 0 atom stereocenters. The van der Waals surface area contributed by atoms with Crippen LogP contribution in [0.2, 0.25) is 0 Å². The lowest BCUT2D eigenvalue weighted by molar-refractivity contribution is -0.126. The molecule has 0 saturated heterocycles. The number of hydrogen-bond acceptors (Lipinski definition) is 3. The van der Waals surface area contributed by atoms with Crippen molar-refractivity contribution >= 4 is 11.6 Å². The maximum absolute atomic E-state index is 13.4. The van der Waals surface area contributed by atoms with Gasteiger partial charge < -0.3 is 4.90 Å². The fourth-order valence-corrected chi connectivity index (χ4v) is 3.54. The van der Waals surface area contributed by atoms with Crippen LogP contribution in [-0.2, 0) is 16.8 Å². The van der Waals surface area contributed by atoms with Crippen molar-refractivity contribution in [2.45, 2.75) is 25.8 Å². The first-order valence-corrected chi connectivity index (χ1v) is 9.04. The van der Waals surface area contributed by atoms with Gasteiger partial charge in [0, 0.05) is 23.9 Å². The van der Waals surface area contributed by atoms with E-state index in [0.717, 1.165) is 23.2 Å². The topological polar surface area (TPSA) is 55.2 Å². The predicted octanol–water partition coefficient (Wildman–Crippen LogP) is 3.23. The number of carbonyl (C=O) groups is 1. The van der Waals surface area contributed by atoms with Gasteiger partial charge >= 0.3 is 0 Å². The Morgan fingerprint density at radius 1 is 0.963 bits per heavy atom. The molecule has 0 saturated carbocycles. The highest BCUT2D eigenvalue weighted by Crippen LogP contribution is 2.31. The largest absolute Gasteiger partial charge is 0.310 e. The average Bonchev–Trinajstić information content (AvgIpc) is 3.12. The van der Waals surface area contributed by atoms with Gasteiger partial charge in [0.1, 0.15) is 5.54 Å². The number of hydrogen-bond donors (Lipinski definition) is 0. The molecular weight excluding hydrogens is 338 g/mol. The normalized spacial score (nSPS) is 13.5. The first-order chi connectivity index (χ1) is 13.0. The first kappa shape index (κ1) is 17.2. The van der Waals surface area contributed by atoms with Crippen molar-refractivity contribution < 1.29 is 4.79 Å². The van der Waals surface area contributed by atoms with Gasteiger partial charge in [-0.3, -0.25) is 9.59 Å². The van der Waals surface area contributed by atoms with Crippen LogP contribution in [0.3, 0.4) is 0 Å². The van der Waals surface area contributed by atoms with E-state index in [1.54, 1.807) is 24.8 Å². The minimum Gasteiger partial charge on any atom is -0.310 e. The van der Waals surface area contributed by atoms with Crippen LogP contribution >= 0.6 is 0 Å². The van der Waals surface area contributed by atoms with E-state index in [2.05, 4.69) is 5.10 Å². The van der Waals surface area contributed by atoms with E-state index >= 15 is 0 Å². The lowest BCUT2D eigenvalue weighted by atomic mass is 10.0. The van der Waals surface area contributed by atoms with Gasteiger partial charge in [-0.25, -0.2) is 4.68 Å². The molecule has 27 heavy (non-hydrogen) atoms. The van der Waals surface area contributed by atoms with E-state index in [0.29, 0.717) is 12.2 Å². The fourth-order valence-electron chi connectivity index (χ4n) is 3.54. The first-order valence-electron chi connectivity index (χ1n) is 9.04. The molecule has 5 nitrogen and oxygen atoms in total. The van der Waals surface area contributed by atoms with Gasteiger partial charge in [0.15, 0.2) is 0 Å². The highest BCUT2D eigenvalue weighted by atomic mass is 16.2. The van der Waals surface area contributed by atoms with E-state index in [1.165, 1.54) is 10.7 Å². The lowest BCUT2D eigenvalue weighted by Crippen LogP contribution is -2.51. The van der Waals surface area contributed by atoms with Crippen LogP contribution in [0.25, 0.3) is 11.3 Å². The van der Waals surface area contributed by atoms with Crippen molar-refractivity contribution in [1.29, 1.82) is 0 Å². The summed E-state index contributed by atoms with van der Waals surface area (Å²) in [6.07, 6.45) is 0.824. The molecule has 0 N–H and O–H groups in total. The van der Waals surface area contributed by atoms with Crippen molar-refractivity contribution in [3.05, 3.63) is 82.6 Å². The molecule has 0 spiro atoms. The van der Waals surface area contributed by atoms with E-state index < -0.39 is 5.54 Å². The third kappa shape index (κ3) is 2.95. The summed E-state index contributed by atoms with van der Waals surface area (Å²) >= 11 is 0. The van der Waals surface area contributed by atoms with Crippen molar-refractivity contribution in [2.24, 2.45) is 0 Å². The molecule has 3 aromatic rings. The zero-order chi connectivity index (χ0) is 19.0. The number of anilines is 1. The third-order valence-corrected chi connectivity index (χ3v) is 5.06. The molecule has 1 aromatic heterocycles. The standard InChI is InChI=1S/C22H21N3O2/c1-22(2,21(27)24-15-14-17-10-6-7-11-19(17)24)25-20(26)13-12-18(23-25)16-8-4-3-5-9-16/h3-13H,14-15H2,1-2H3. The molecule has 136 valence electrons. The number of rotatable bonds is 3. The molecule has 1 aliphatic rings. The van der Waals surface area contributed by atoms with Gasteiger partial charge in [0.25, 0.3) is 11.5 Å². The zero-order valence-electron chi connectivity index (χ0n) is 15.4. The van der Waals surface area contributed by atoms with E-state index in [1.807, 2.05) is 54.6 Å². The summed E-state index contributed by atoms with van der Waals surface area (Å²) in [5.41, 5.74) is 2.25. The van der Waals surface area contributed by atoms with Gasteiger partial charge in [-0.15, -0.1) is 0 Å². The van der Waals surface area contributed by atoms with Gasteiger partial charge in [0.2, 0.25) is 0 Å². The zero-order valence-corrected chi connectivity index (χ0v) is 15.4. The maximum atomic E-state index is 13.4. The number of aromatic nitrogens is 2. The summed E-state index contributed by atoms with van der Waals surface area (Å²) in [7, 11) is 0. The van der Waals surface area contributed by atoms with Crippen LogP contribution in [0.15, 0.2) is 71.5 Å². The summed E-state index contributed by atoms with van der Waals surface area (Å²) in [5.74, 6) is -0.132. The number of para-hydroxylation sites is 1. The molecule has 2 aromatic carbocycles. The van der Waals surface area contributed by atoms with Gasteiger partial charge in [0.05, 0.1) is 5.69 Å².